The predicted molar refractivity (Wildman–Crippen MR) is 108 cm³/mol. The maximum atomic E-state index is 12.8. The first-order valence-corrected chi connectivity index (χ1v) is 10.2. The molecular formula is C22H21Cl2NO3. The summed E-state index contributed by atoms with van der Waals surface area (Å²) in [6, 6.07) is 8.08. The van der Waals surface area contributed by atoms with Crippen LogP contribution in [-0.2, 0) is 6.54 Å². The van der Waals surface area contributed by atoms with Crippen LogP contribution < -0.4 is 14.7 Å². The smallest absolute Gasteiger partial charge is 0.231 e. The molecule has 0 radical (unpaired) electrons. The summed E-state index contributed by atoms with van der Waals surface area (Å²) in [5.74, 6) is 0.995. The van der Waals surface area contributed by atoms with Gasteiger partial charge in [0.2, 0.25) is 5.78 Å². The van der Waals surface area contributed by atoms with E-state index in [1.807, 2.05) is 0 Å². The molecule has 0 aliphatic carbocycles. The number of likely N-dealkylation sites (tertiary alicyclic amines) is 1. The Bertz CT molecular complexity index is 962. The number of fused-ring (bicyclic) bond motifs is 1. The summed E-state index contributed by atoms with van der Waals surface area (Å²) in [6.45, 7) is 4.90. The third-order valence-electron chi connectivity index (χ3n) is 5.56. The summed E-state index contributed by atoms with van der Waals surface area (Å²) in [6.07, 6.45) is 3.90. The van der Waals surface area contributed by atoms with E-state index >= 15 is 0 Å². The molecule has 2 aliphatic heterocycles. The lowest BCUT2D eigenvalue weighted by Crippen LogP contribution is -3.11. The number of rotatable bonds is 3. The number of benzene rings is 2. The van der Waals surface area contributed by atoms with Gasteiger partial charge in [-0.3, -0.25) is 4.79 Å². The number of halogens is 2. The van der Waals surface area contributed by atoms with Crippen LogP contribution in [0.1, 0.15) is 41.3 Å². The van der Waals surface area contributed by atoms with Gasteiger partial charge in [-0.15, -0.1) is 0 Å². The molecule has 4 rings (SSSR count). The Hall–Kier alpha value is -2.01. The molecule has 2 aromatic rings. The molecule has 1 saturated heterocycles. The van der Waals surface area contributed by atoms with Crippen LogP contribution >= 0.6 is 23.2 Å². The molecule has 0 unspecified atom stereocenters. The van der Waals surface area contributed by atoms with Gasteiger partial charge < -0.3 is 14.7 Å². The minimum atomic E-state index is -0.232. The molecule has 28 heavy (non-hydrogen) atoms. The summed E-state index contributed by atoms with van der Waals surface area (Å²) in [5, 5.41) is 13.5. The first kappa shape index (κ1) is 19.3. The fraction of sp³-hybridized carbons (Fsp3) is 0.318. The summed E-state index contributed by atoms with van der Waals surface area (Å²) in [4.78, 5) is 14.2. The highest BCUT2D eigenvalue weighted by atomic mass is 35.5. The third-order valence-corrected chi connectivity index (χ3v) is 6.12. The fourth-order valence-corrected chi connectivity index (χ4v) is 4.28. The zero-order valence-corrected chi connectivity index (χ0v) is 17.1. The van der Waals surface area contributed by atoms with Gasteiger partial charge in [-0.2, -0.15) is 0 Å². The van der Waals surface area contributed by atoms with Gasteiger partial charge in [0.1, 0.15) is 12.3 Å². The van der Waals surface area contributed by atoms with Crippen LogP contribution in [0.3, 0.4) is 0 Å². The number of nitrogens with one attached hydrogen (secondary N) is 1. The Kier molecular flexibility index (Phi) is 5.37. The van der Waals surface area contributed by atoms with Crippen molar-refractivity contribution in [3.05, 3.63) is 62.8 Å². The van der Waals surface area contributed by atoms with E-state index in [2.05, 4.69) is 6.92 Å². The average Bonchev–Trinajstić information content (AvgIpc) is 2.97. The van der Waals surface area contributed by atoms with Crippen molar-refractivity contribution in [2.24, 2.45) is 5.92 Å². The molecule has 0 spiro atoms. The fourth-order valence-electron chi connectivity index (χ4n) is 3.81. The average molecular weight is 418 g/mol. The van der Waals surface area contributed by atoms with Gasteiger partial charge in [-0.1, -0.05) is 48.0 Å². The Labute approximate surface area is 174 Å². The Morgan fingerprint density at radius 2 is 1.96 bits per heavy atom. The third kappa shape index (κ3) is 3.77. The van der Waals surface area contributed by atoms with Crippen molar-refractivity contribution in [2.75, 3.05) is 13.1 Å². The molecule has 4 nitrogen and oxygen atoms in total. The molecule has 0 bridgehead atoms. The molecule has 0 atom stereocenters. The normalized spacial score (nSPS) is 23.0. The maximum absolute atomic E-state index is 12.8. The number of quaternary nitrogens is 1. The highest BCUT2D eigenvalue weighted by molar-refractivity contribution is 6.35. The molecule has 1 N–H and O–H groups in total. The van der Waals surface area contributed by atoms with E-state index in [1.165, 1.54) is 11.0 Å². The van der Waals surface area contributed by atoms with E-state index in [4.69, 9.17) is 27.9 Å². The topological polar surface area (TPSA) is 53.8 Å². The zero-order chi connectivity index (χ0) is 19.8. The minimum absolute atomic E-state index is 0.0801. The summed E-state index contributed by atoms with van der Waals surface area (Å²) < 4.78 is 5.89. The van der Waals surface area contributed by atoms with Crippen LogP contribution in [0.25, 0.3) is 6.08 Å². The van der Waals surface area contributed by atoms with Gasteiger partial charge in [0, 0.05) is 15.6 Å². The Morgan fingerprint density at radius 1 is 1.21 bits per heavy atom. The van der Waals surface area contributed by atoms with Crippen molar-refractivity contribution in [2.45, 2.75) is 26.3 Å². The second-order valence-electron chi connectivity index (χ2n) is 7.63. The van der Waals surface area contributed by atoms with Crippen molar-refractivity contribution >= 4 is 35.1 Å². The van der Waals surface area contributed by atoms with Gasteiger partial charge in [-0.25, -0.2) is 0 Å². The second-order valence-corrected chi connectivity index (χ2v) is 8.48. The zero-order valence-electron chi connectivity index (χ0n) is 15.6. The van der Waals surface area contributed by atoms with Gasteiger partial charge >= 0.3 is 0 Å². The molecule has 2 heterocycles. The maximum Gasteiger partial charge on any atom is 0.231 e. The molecule has 146 valence electrons. The number of ether oxygens (including phenoxy) is 1. The van der Waals surface area contributed by atoms with Gasteiger partial charge in [-0.05, 0) is 48.6 Å². The van der Waals surface area contributed by atoms with Crippen LogP contribution in [0.15, 0.2) is 36.1 Å². The second kappa shape index (κ2) is 7.78. The lowest BCUT2D eigenvalue weighted by molar-refractivity contribution is -0.919. The van der Waals surface area contributed by atoms with E-state index in [-0.39, 0.29) is 17.3 Å². The van der Waals surface area contributed by atoms with Crippen molar-refractivity contribution in [1.82, 2.24) is 0 Å². The van der Waals surface area contributed by atoms with Crippen molar-refractivity contribution in [3.63, 3.8) is 0 Å². The van der Waals surface area contributed by atoms with E-state index < -0.39 is 0 Å². The number of carbonyl (C=O) groups is 1. The Morgan fingerprint density at radius 3 is 2.68 bits per heavy atom. The molecule has 0 saturated carbocycles. The largest absolute Gasteiger partial charge is 0.872 e. The lowest BCUT2D eigenvalue weighted by atomic mass is 9.98. The van der Waals surface area contributed by atoms with E-state index in [0.29, 0.717) is 39.0 Å². The van der Waals surface area contributed by atoms with Crippen molar-refractivity contribution < 1.29 is 19.5 Å². The highest BCUT2D eigenvalue weighted by Gasteiger charge is 2.31. The van der Waals surface area contributed by atoms with Crippen LogP contribution in [-0.4, -0.2) is 18.9 Å². The number of carbonyl (C=O) groups excluding carboxylic acids is 1. The van der Waals surface area contributed by atoms with Crippen LogP contribution in [0.4, 0.5) is 0 Å². The molecule has 6 heteroatoms. The first-order chi connectivity index (χ1) is 13.4. The molecule has 1 fully saturated rings. The number of hydrogen-bond donors (Lipinski definition) is 1. The Balaban J connectivity index is 1.64. The lowest BCUT2D eigenvalue weighted by Gasteiger charge is -2.29. The van der Waals surface area contributed by atoms with E-state index in [0.717, 1.165) is 31.8 Å². The predicted octanol–water partition coefficient (Wildman–Crippen LogP) is 3.50. The number of ketones is 1. The number of piperidine rings is 1. The van der Waals surface area contributed by atoms with Crippen molar-refractivity contribution in [1.29, 1.82) is 0 Å². The standard InChI is InChI=1S/C22H21Cl2NO3/c1-13-6-8-25(9-7-13)12-17-19(26)5-4-16-21(27)20(28-22(16)17)10-14-2-3-15(23)11-18(14)24/h2-5,10-11,13,26H,6-9,12H2,1H3/b20-10-. The SMILES string of the molecule is CC1CC[NH+](Cc2c([O-])ccc3c2O/C(=C\c2ccc(Cl)cc2Cl)C3=O)CC1. The number of hydrogen-bond acceptors (Lipinski definition) is 3. The molecular weight excluding hydrogens is 397 g/mol. The first-order valence-electron chi connectivity index (χ1n) is 9.48. The van der Waals surface area contributed by atoms with Gasteiger partial charge in [0.25, 0.3) is 0 Å². The summed E-state index contributed by atoms with van der Waals surface area (Å²) in [7, 11) is 0. The minimum Gasteiger partial charge on any atom is -0.872 e. The summed E-state index contributed by atoms with van der Waals surface area (Å²) >= 11 is 12.1. The van der Waals surface area contributed by atoms with Gasteiger partial charge in [0.05, 0.1) is 18.7 Å². The highest BCUT2D eigenvalue weighted by Crippen LogP contribution is 2.38. The van der Waals surface area contributed by atoms with Crippen LogP contribution in [0.5, 0.6) is 11.5 Å². The molecule has 2 aliphatic rings. The summed E-state index contributed by atoms with van der Waals surface area (Å²) in [5.41, 5.74) is 1.67. The quantitative estimate of drug-likeness (QED) is 0.777. The number of allylic oxidation sites excluding steroid dienone is 1. The van der Waals surface area contributed by atoms with Gasteiger partial charge in [0.15, 0.2) is 5.76 Å². The molecule has 0 aromatic heterocycles. The molecule has 2 aromatic carbocycles. The molecule has 0 amide bonds. The number of Topliss-reactive ketones (excluding diaryl/α,β-unsaturated/α-hetero) is 1. The van der Waals surface area contributed by atoms with E-state index in [9.17, 15) is 9.90 Å². The van der Waals surface area contributed by atoms with Crippen LogP contribution in [0.2, 0.25) is 10.0 Å². The monoisotopic (exact) mass is 417 g/mol. The van der Waals surface area contributed by atoms with Crippen molar-refractivity contribution in [3.8, 4) is 11.5 Å². The van der Waals surface area contributed by atoms with Crippen LogP contribution in [0, 0.1) is 5.92 Å². The van der Waals surface area contributed by atoms with E-state index in [1.54, 1.807) is 30.3 Å².